The molecule has 4 N–H and O–H groups in total. The number of allylic oxidation sites excluding steroid dienone is 1. The summed E-state index contributed by atoms with van der Waals surface area (Å²) in [6, 6.07) is 3.64. The molecule has 2 aromatic rings. The molecule has 0 heterocycles. The van der Waals surface area contributed by atoms with Crippen molar-refractivity contribution in [3.05, 3.63) is 65.0 Å². The number of halogens is 7. The van der Waals surface area contributed by atoms with Crippen molar-refractivity contribution in [3.63, 3.8) is 0 Å². The first-order valence-corrected chi connectivity index (χ1v) is 14.9. The minimum atomic E-state index is -5.09. The van der Waals surface area contributed by atoms with Gasteiger partial charge in [0.05, 0.1) is 35.2 Å². The van der Waals surface area contributed by atoms with Crippen LogP contribution in [-0.2, 0) is 21.0 Å². The first-order valence-electron chi connectivity index (χ1n) is 13.5. The Morgan fingerprint density at radius 2 is 1.73 bits per heavy atom. The smallest absolute Gasteiger partial charge is 0.419 e. The molecular formula is C28H28F7N3O6S. The fraction of sp³-hybridized carbons (Fsp3) is 0.429. The van der Waals surface area contributed by atoms with Crippen molar-refractivity contribution >= 4 is 27.5 Å². The summed E-state index contributed by atoms with van der Waals surface area (Å²) in [6.07, 6.45) is -10.6. The Morgan fingerprint density at radius 3 is 2.33 bits per heavy atom. The molecule has 2 aliphatic rings. The Hall–Kier alpha value is -3.70. The van der Waals surface area contributed by atoms with Crippen LogP contribution in [0.1, 0.15) is 35.7 Å². The quantitative estimate of drug-likeness (QED) is 0.232. The van der Waals surface area contributed by atoms with E-state index in [1.54, 1.807) is 0 Å². The van der Waals surface area contributed by atoms with Gasteiger partial charge in [0.25, 0.3) is 5.91 Å². The van der Waals surface area contributed by atoms with Gasteiger partial charge in [-0.3, -0.25) is 9.59 Å². The van der Waals surface area contributed by atoms with Crippen molar-refractivity contribution in [2.24, 2.45) is 17.8 Å². The number of ether oxygens (including phenoxy) is 1. The highest BCUT2D eigenvalue weighted by molar-refractivity contribution is 7.89. The molecule has 2 amide bonds. The number of carbonyl (C=O) groups is 2. The number of alkyl halides is 6. The summed E-state index contributed by atoms with van der Waals surface area (Å²) in [5, 5.41) is 14.2. The molecule has 0 radical (unpaired) electrons. The number of hydrogen-bond acceptors (Lipinski definition) is 6. The fourth-order valence-corrected chi connectivity index (χ4v) is 6.95. The van der Waals surface area contributed by atoms with E-state index in [9.17, 15) is 53.8 Å². The molecule has 1 unspecified atom stereocenters. The number of amides is 2. The van der Waals surface area contributed by atoms with E-state index in [0.29, 0.717) is 12.1 Å². The number of anilines is 1. The zero-order chi connectivity index (χ0) is 33.5. The molecule has 2 fully saturated rings. The van der Waals surface area contributed by atoms with Gasteiger partial charge >= 0.3 is 12.4 Å². The van der Waals surface area contributed by atoms with Crippen molar-refractivity contribution in [1.82, 2.24) is 10.0 Å². The summed E-state index contributed by atoms with van der Waals surface area (Å²) >= 11 is 0. The van der Waals surface area contributed by atoms with Gasteiger partial charge in [-0.05, 0) is 62.1 Å². The summed E-state index contributed by atoms with van der Waals surface area (Å²) < 4.78 is 127. The Bertz CT molecular complexity index is 1610. The minimum Gasteiger partial charge on any atom is -0.496 e. The summed E-state index contributed by atoms with van der Waals surface area (Å²) in [4.78, 5) is 26.6. The number of fused-ring (bicyclic) bond motifs is 2. The third kappa shape index (κ3) is 7.58. The minimum absolute atomic E-state index is 0.0447. The molecule has 4 rings (SSSR count). The summed E-state index contributed by atoms with van der Waals surface area (Å²) in [5.41, 5.74) is -2.64. The predicted octanol–water partition coefficient (Wildman–Crippen LogP) is 4.39. The van der Waals surface area contributed by atoms with Gasteiger partial charge in [0, 0.05) is 30.3 Å². The third-order valence-corrected chi connectivity index (χ3v) is 9.08. The molecule has 246 valence electrons. The number of benzene rings is 2. The maximum absolute atomic E-state index is 13.8. The van der Waals surface area contributed by atoms with Gasteiger partial charge < -0.3 is 20.5 Å². The van der Waals surface area contributed by atoms with Crippen molar-refractivity contribution in [1.29, 1.82) is 0 Å². The first kappa shape index (κ1) is 34.2. The average molecular weight is 668 g/mol. The molecule has 0 saturated heterocycles. The molecular weight excluding hydrogens is 639 g/mol. The third-order valence-electron chi connectivity index (χ3n) is 7.66. The molecule has 2 bridgehead atoms. The second kappa shape index (κ2) is 12.6. The van der Waals surface area contributed by atoms with E-state index in [4.69, 9.17) is 4.74 Å². The normalized spacial score (nSPS) is 23.2. The topological polar surface area (TPSA) is 134 Å². The van der Waals surface area contributed by atoms with Gasteiger partial charge in [-0.25, -0.2) is 17.5 Å². The fourth-order valence-electron chi connectivity index (χ4n) is 5.80. The maximum atomic E-state index is 13.8. The van der Waals surface area contributed by atoms with E-state index in [-0.39, 0.29) is 42.3 Å². The molecule has 2 aromatic carbocycles. The van der Waals surface area contributed by atoms with E-state index < -0.39 is 86.1 Å². The number of nitrogens with one attached hydrogen (secondary N) is 3. The van der Waals surface area contributed by atoms with Crippen molar-refractivity contribution < 1.29 is 58.6 Å². The van der Waals surface area contributed by atoms with Crippen molar-refractivity contribution in [2.75, 3.05) is 19.0 Å². The van der Waals surface area contributed by atoms with Crippen LogP contribution in [-0.4, -0.2) is 57.3 Å². The van der Waals surface area contributed by atoms with Crippen LogP contribution in [0.5, 0.6) is 5.75 Å². The standard InChI is InChI=1S/C28H28F7N3O6S/c1-13(39)12-36-45(42,43)15-4-8-22(44-2)18(10-15)25(40)38-24-17-6-5-16(19(17)11-27(30,31)32)23(24)26(41)37-14-3-7-21(29)20(9-14)28(33,34)35/h3-4,7-11,13,16-17,23-24,36,39H,5-6,12H2,1-2H3,(H,37,41)(H,38,40)/b19-11-/t13?,16-,17+,23-,24+/m0/s1. The molecule has 45 heavy (non-hydrogen) atoms. The number of rotatable bonds is 9. The SMILES string of the molecule is COc1ccc(S(=O)(=O)NCC(C)O)cc1C(=O)N[C@H]1[C@@H](C(=O)Nc2ccc(F)c(C(F)(F)F)c2)[C@H]2CC[C@@H]1/C2=C\C(F)(F)F. The maximum Gasteiger partial charge on any atom is 0.419 e. The van der Waals surface area contributed by atoms with E-state index >= 15 is 0 Å². The van der Waals surface area contributed by atoms with E-state index in [1.165, 1.54) is 20.1 Å². The molecule has 17 heteroatoms. The number of carbonyl (C=O) groups excluding carboxylic acids is 2. The van der Waals surface area contributed by atoms with Crippen molar-refractivity contribution in [3.8, 4) is 5.75 Å². The second-order valence-electron chi connectivity index (χ2n) is 10.7. The number of aliphatic hydroxyl groups is 1. The van der Waals surface area contributed by atoms with Gasteiger partial charge in [-0.1, -0.05) is 5.57 Å². The lowest BCUT2D eigenvalue weighted by Crippen LogP contribution is -2.48. The van der Waals surface area contributed by atoms with Crippen LogP contribution >= 0.6 is 0 Å². The van der Waals surface area contributed by atoms with Crippen LogP contribution in [0.4, 0.5) is 36.4 Å². The highest BCUT2D eigenvalue weighted by Crippen LogP contribution is 2.54. The Kier molecular flexibility index (Phi) is 9.57. The molecule has 0 aliphatic heterocycles. The van der Waals surface area contributed by atoms with Gasteiger partial charge in [0.15, 0.2) is 0 Å². The van der Waals surface area contributed by atoms with E-state index in [2.05, 4.69) is 15.4 Å². The summed E-state index contributed by atoms with van der Waals surface area (Å²) in [6.45, 7) is 0.995. The number of methoxy groups -OCH3 is 1. The molecule has 9 nitrogen and oxygen atoms in total. The summed E-state index contributed by atoms with van der Waals surface area (Å²) in [7, 11) is -3.05. The van der Waals surface area contributed by atoms with E-state index in [1.807, 2.05) is 0 Å². The van der Waals surface area contributed by atoms with Crippen LogP contribution in [0.3, 0.4) is 0 Å². The number of aliphatic hydroxyl groups excluding tert-OH is 1. The van der Waals surface area contributed by atoms with Crippen LogP contribution in [0.25, 0.3) is 0 Å². The zero-order valence-electron chi connectivity index (χ0n) is 23.6. The monoisotopic (exact) mass is 667 g/mol. The average Bonchev–Trinajstić information content (AvgIpc) is 3.44. The highest BCUT2D eigenvalue weighted by Gasteiger charge is 2.55. The number of hydrogen-bond donors (Lipinski definition) is 4. The molecule has 0 spiro atoms. The number of sulfonamides is 1. The summed E-state index contributed by atoms with van der Waals surface area (Å²) in [5.74, 6) is -7.12. The van der Waals surface area contributed by atoms with Crippen molar-refractivity contribution in [2.45, 2.75) is 49.2 Å². The van der Waals surface area contributed by atoms with Gasteiger partial charge in [-0.2, -0.15) is 26.3 Å². The van der Waals surface area contributed by atoms with Gasteiger partial charge in [0.1, 0.15) is 11.6 Å². The lowest BCUT2D eigenvalue weighted by molar-refractivity contribution is -0.140. The largest absolute Gasteiger partial charge is 0.496 e. The first-order chi connectivity index (χ1) is 20.8. The predicted molar refractivity (Wildman–Crippen MR) is 145 cm³/mol. The Morgan fingerprint density at radius 1 is 1.07 bits per heavy atom. The lowest BCUT2D eigenvalue weighted by Gasteiger charge is -2.30. The van der Waals surface area contributed by atoms with Crippen LogP contribution in [0, 0.1) is 23.6 Å². The Balaban J connectivity index is 1.69. The van der Waals surface area contributed by atoms with Crippen LogP contribution in [0.15, 0.2) is 52.9 Å². The van der Waals surface area contributed by atoms with Crippen LogP contribution < -0.4 is 20.1 Å². The second-order valence-corrected chi connectivity index (χ2v) is 12.5. The Labute approximate surface area is 252 Å². The zero-order valence-corrected chi connectivity index (χ0v) is 24.4. The molecule has 0 aromatic heterocycles. The van der Waals surface area contributed by atoms with E-state index in [0.717, 1.165) is 18.2 Å². The van der Waals surface area contributed by atoms with Gasteiger partial charge in [-0.15, -0.1) is 0 Å². The van der Waals surface area contributed by atoms with Crippen LogP contribution in [0.2, 0.25) is 0 Å². The highest BCUT2D eigenvalue weighted by atomic mass is 32.2. The van der Waals surface area contributed by atoms with Gasteiger partial charge in [0.2, 0.25) is 15.9 Å². The molecule has 2 aliphatic carbocycles. The lowest BCUT2D eigenvalue weighted by atomic mass is 9.83. The molecule has 5 atom stereocenters. The molecule has 2 saturated carbocycles.